The SMILES string of the molecule is CNC(=S)NNC(=O)C1(c2cccc(Br)c2)CC(C(F)F)C1. The van der Waals surface area contributed by atoms with Gasteiger partial charge < -0.3 is 5.32 Å². The highest BCUT2D eigenvalue weighted by Crippen LogP contribution is 2.50. The van der Waals surface area contributed by atoms with Crippen molar-refractivity contribution in [2.75, 3.05) is 7.05 Å². The second-order valence-electron chi connectivity index (χ2n) is 5.25. The lowest BCUT2D eigenvalue weighted by Crippen LogP contribution is -2.59. The van der Waals surface area contributed by atoms with Gasteiger partial charge in [0, 0.05) is 17.4 Å². The first kappa shape index (κ1) is 17.1. The number of hydrogen-bond acceptors (Lipinski definition) is 2. The number of hydrazine groups is 1. The van der Waals surface area contributed by atoms with Crippen LogP contribution >= 0.6 is 28.1 Å². The molecule has 2 rings (SSSR count). The molecule has 1 fully saturated rings. The van der Waals surface area contributed by atoms with Crippen molar-refractivity contribution in [1.82, 2.24) is 16.2 Å². The summed E-state index contributed by atoms with van der Waals surface area (Å²) in [6.45, 7) is 0. The largest absolute Gasteiger partial charge is 0.364 e. The van der Waals surface area contributed by atoms with Crippen LogP contribution in [0.1, 0.15) is 18.4 Å². The van der Waals surface area contributed by atoms with Crippen LogP contribution in [0.4, 0.5) is 8.78 Å². The Labute approximate surface area is 141 Å². The molecule has 1 saturated carbocycles. The lowest BCUT2D eigenvalue weighted by Gasteiger charge is -2.46. The molecule has 1 aliphatic rings. The number of alkyl halides is 2. The van der Waals surface area contributed by atoms with Crippen molar-refractivity contribution in [1.29, 1.82) is 0 Å². The fourth-order valence-corrected chi connectivity index (χ4v) is 3.10. The zero-order valence-electron chi connectivity index (χ0n) is 11.8. The fourth-order valence-electron chi connectivity index (χ4n) is 2.65. The number of nitrogens with one attached hydrogen (secondary N) is 3. The molecule has 0 radical (unpaired) electrons. The Kier molecular flexibility index (Phi) is 5.33. The minimum atomic E-state index is -2.42. The lowest BCUT2D eigenvalue weighted by atomic mass is 9.58. The molecule has 0 saturated heterocycles. The smallest absolute Gasteiger partial charge is 0.249 e. The zero-order valence-corrected chi connectivity index (χ0v) is 14.2. The molecular formula is C14H16BrF2N3OS. The summed E-state index contributed by atoms with van der Waals surface area (Å²) in [5.74, 6) is -1.12. The first-order chi connectivity index (χ1) is 10.4. The molecule has 4 nitrogen and oxygen atoms in total. The molecular weight excluding hydrogens is 376 g/mol. The highest BCUT2D eigenvalue weighted by atomic mass is 79.9. The van der Waals surface area contributed by atoms with Crippen molar-refractivity contribution in [3.63, 3.8) is 0 Å². The summed E-state index contributed by atoms with van der Waals surface area (Å²) in [6, 6.07) is 7.18. The van der Waals surface area contributed by atoms with Crippen LogP contribution < -0.4 is 16.2 Å². The molecule has 0 bridgehead atoms. The van der Waals surface area contributed by atoms with Gasteiger partial charge in [0.15, 0.2) is 5.11 Å². The molecule has 0 aromatic heterocycles. The first-order valence-electron chi connectivity index (χ1n) is 6.71. The van der Waals surface area contributed by atoms with Gasteiger partial charge in [0.25, 0.3) is 0 Å². The van der Waals surface area contributed by atoms with E-state index in [1.54, 1.807) is 25.2 Å². The third-order valence-electron chi connectivity index (χ3n) is 3.91. The summed E-state index contributed by atoms with van der Waals surface area (Å²) >= 11 is 8.24. The lowest BCUT2D eigenvalue weighted by molar-refractivity contribution is -0.136. The number of rotatable bonds is 3. The summed E-state index contributed by atoms with van der Waals surface area (Å²) in [5.41, 5.74) is 4.82. The van der Waals surface area contributed by atoms with Crippen LogP contribution in [0.15, 0.2) is 28.7 Å². The van der Waals surface area contributed by atoms with Crippen LogP contribution in [0.25, 0.3) is 0 Å². The summed E-state index contributed by atoms with van der Waals surface area (Å²) < 4.78 is 26.5. The molecule has 22 heavy (non-hydrogen) atoms. The van der Waals surface area contributed by atoms with E-state index in [0.717, 1.165) is 4.47 Å². The first-order valence-corrected chi connectivity index (χ1v) is 7.91. The molecule has 1 aromatic carbocycles. The Morgan fingerprint density at radius 3 is 2.64 bits per heavy atom. The molecule has 8 heteroatoms. The van der Waals surface area contributed by atoms with E-state index in [1.807, 2.05) is 6.07 Å². The Hall–Kier alpha value is -1.28. The van der Waals surface area contributed by atoms with E-state index in [1.165, 1.54) is 0 Å². The summed E-state index contributed by atoms with van der Waals surface area (Å²) in [5, 5.41) is 2.91. The van der Waals surface area contributed by atoms with Gasteiger partial charge in [-0.3, -0.25) is 15.6 Å². The van der Waals surface area contributed by atoms with Gasteiger partial charge in [0.1, 0.15) is 0 Å². The van der Waals surface area contributed by atoms with Crippen LogP contribution in [-0.4, -0.2) is 24.5 Å². The van der Waals surface area contributed by atoms with Crippen molar-refractivity contribution < 1.29 is 13.6 Å². The van der Waals surface area contributed by atoms with Gasteiger partial charge in [-0.05, 0) is 42.8 Å². The predicted octanol–water partition coefficient (Wildman–Crippen LogP) is 2.49. The highest BCUT2D eigenvalue weighted by molar-refractivity contribution is 9.10. The standard InChI is InChI=1S/C14H16BrF2N3OS/c1-18-13(22)20-19-12(21)14(6-8(7-14)11(16)17)9-3-2-4-10(15)5-9/h2-5,8,11H,6-7H2,1H3,(H,19,21)(H2,18,20,22). The maximum atomic E-state index is 12.9. The van der Waals surface area contributed by atoms with E-state index in [0.29, 0.717) is 5.56 Å². The van der Waals surface area contributed by atoms with Crippen LogP contribution in [0.2, 0.25) is 0 Å². The number of benzene rings is 1. The second kappa shape index (κ2) is 6.87. The van der Waals surface area contributed by atoms with Crippen molar-refractivity contribution in [2.24, 2.45) is 5.92 Å². The minimum absolute atomic E-state index is 0.112. The maximum Gasteiger partial charge on any atom is 0.249 e. The van der Waals surface area contributed by atoms with E-state index in [2.05, 4.69) is 32.1 Å². The molecule has 1 aliphatic carbocycles. The van der Waals surface area contributed by atoms with Crippen molar-refractivity contribution in [2.45, 2.75) is 24.7 Å². The zero-order chi connectivity index (χ0) is 16.3. The summed E-state index contributed by atoms with van der Waals surface area (Å²) in [6.07, 6.45) is -2.19. The van der Waals surface area contributed by atoms with E-state index in [4.69, 9.17) is 12.2 Å². The molecule has 0 aliphatic heterocycles. The van der Waals surface area contributed by atoms with Gasteiger partial charge in [-0.15, -0.1) is 0 Å². The third kappa shape index (κ3) is 3.38. The van der Waals surface area contributed by atoms with Crippen LogP contribution in [-0.2, 0) is 10.2 Å². The van der Waals surface area contributed by atoms with Crippen molar-refractivity contribution >= 4 is 39.2 Å². The van der Waals surface area contributed by atoms with Gasteiger partial charge in [0.2, 0.25) is 12.3 Å². The van der Waals surface area contributed by atoms with Gasteiger partial charge in [0.05, 0.1) is 5.41 Å². The molecule has 1 aromatic rings. The molecule has 0 heterocycles. The molecule has 3 N–H and O–H groups in total. The molecule has 1 amide bonds. The highest BCUT2D eigenvalue weighted by Gasteiger charge is 2.54. The average molecular weight is 392 g/mol. The van der Waals surface area contributed by atoms with E-state index < -0.39 is 17.8 Å². The van der Waals surface area contributed by atoms with E-state index in [9.17, 15) is 13.6 Å². The number of thiocarbonyl (C=S) groups is 1. The fraction of sp³-hybridized carbons (Fsp3) is 0.429. The number of halogens is 3. The normalized spacial score (nSPS) is 23.6. The minimum Gasteiger partial charge on any atom is -0.364 e. The monoisotopic (exact) mass is 391 g/mol. The van der Waals surface area contributed by atoms with Crippen molar-refractivity contribution in [3.8, 4) is 0 Å². The second-order valence-corrected chi connectivity index (χ2v) is 6.58. The number of amides is 1. The number of carbonyl (C=O) groups is 1. The Balaban J connectivity index is 2.20. The molecule has 0 spiro atoms. The van der Waals surface area contributed by atoms with Gasteiger partial charge in [-0.25, -0.2) is 8.78 Å². The molecule has 120 valence electrons. The summed E-state index contributed by atoms with van der Waals surface area (Å²) in [4.78, 5) is 12.5. The Morgan fingerprint density at radius 2 is 2.09 bits per heavy atom. The van der Waals surface area contributed by atoms with Gasteiger partial charge in [-0.1, -0.05) is 28.1 Å². The van der Waals surface area contributed by atoms with Crippen LogP contribution in [0.3, 0.4) is 0 Å². The van der Waals surface area contributed by atoms with Crippen LogP contribution in [0, 0.1) is 5.92 Å². The number of carbonyl (C=O) groups excluding carboxylic acids is 1. The third-order valence-corrected chi connectivity index (χ3v) is 4.71. The molecule has 0 unspecified atom stereocenters. The van der Waals surface area contributed by atoms with E-state index in [-0.39, 0.29) is 23.9 Å². The van der Waals surface area contributed by atoms with Gasteiger partial charge in [-0.2, -0.15) is 0 Å². The Bertz CT molecular complexity index is 579. The quantitative estimate of drug-likeness (QED) is 0.547. The average Bonchev–Trinajstić information content (AvgIpc) is 2.43. The molecule has 0 atom stereocenters. The van der Waals surface area contributed by atoms with Crippen molar-refractivity contribution in [3.05, 3.63) is 34.3 Å². The Morgan fingerprint density at radius 1 is 1.41 bits per heavy atom. The van der Waals surface area contributed by atoms with E-state index >= 15 is 0 Å². The van der Waals surface area contributed by atoms with Crippen LogP contribution in [0.5, 0.6) is 0 Å². The predicted molar refractivity (Wildman–Crippen MR) is 87.5 cm³/mol. The summed E-state index contributed by atoms with van der Waals surface area (Å²) in [7, 11) is 1.61. The van der Waals surface area contributed by atoms with Gasteiger partial charge >= 0.3 is 0 Å². The number of hydrogen-bond donors (Lipinski definition) is 3. The topological polar surface area (TPSA) is 53.2 Å². The maximum absolute atomic E-state index is 12.9.